The van der Waals surface area contributed by atoms with E-state index in [1.54, 1.807) is 18.4 Å². The van der Waals surface area contributed by atoms with E-state index in [0.29, 0.717) is 23.5 Å². The van der Waals surface area contributed by atoms with Crippen molar-refractivity contribution in [2.24, 2.45) is 0 Å². The summed E-state index contributed by atoms with van der Waals surface area (Å²) in [5.41, 5.74) is 1.89. The lowest BCUT2D eigenvalue weighted by Crippen LogP contribution is -2.25. The molecule has 0 fully saturated rings. The van der Waals surface area contributed by atoms with Crippen LogP contribution in [0.3, 0.4) is 0 Å². The topological polar surface area (TPSA) is 68.0 Å². The molecule has 2 heterocycles. The number of carbonyl (C=O) groups is 1. The Labute approximate surface area is 126 Å². The van der Waals surface area contributed by atoms with E-state index in [1.807, 2.05) is 24.3 Å². The van der Waals surface area contributed by atoms with Gasteiger partial charge in [-0.3, -0.25) is 4.79 Å². The van der Waals surface area contributed by atoms with Gasteiger partial charge in [-0.2, -0.15) is 0 Å². The van der Waals surface area contributed by atoms with E-state index in [0.717, 1.165) is 5.52 Å². The van der Waals surface area contributed by atoms with E-state index >= 15 is 0 Å². The van der Waals surface area contributed by atoms with E-state index in [4.69, 9.17) is 16.0 Å². The largest absolute Gasteiger partial charge is 0.467 e. The normalized spacial score (nSPS) is 10.7. The molecule has 21 heavy (non-hydrogen) atoms. The third-order valence-electron chi connectivity index (χ3n) is 2.96. The number of halogens is 1. The minimum atomic E-state index is -0.183. The molecule has 0 bridgehead atoms. The van der Waals surface area contributed by atoms with Crippen molar-refractivity contribution < 1.29 is 9.21 Å². The van der Waals surface area contributed by atoms with Gasteiger partial charge in [0.15, 0.2) is 5.15 Å². The van der Waals surface area contributed by atoms with Crippen LogP contribution in [0.4, 0.5) is 0 Å². The molecule has 0 aliphatic rings. The van der Waals surface area contributed by atoms with Crippen molar-refractivity contribution in [3.8, 4) is 0 Å². The van der Waals surface area contributed by atoms with Crippen molar-refractivity contribution in [3.05, 3.63) is 59.3 Å². The molecular formula is C15H12ClN3O2. The first-order valence-corrected chi connectivity index (χ1v) is 6.80. The summed E-state index contributed by atoms with van der Waals surface area (Å²) in [7, 11) is 0. The number of hydrogen-bond acceptors (Lipinski definition) is 4. The van der Waals surface area contributed by atoms with Crippen molar-refractivity contribution in [1.29, 1.82) is 0 Å². The number of para-hydroxylation sites is 2. The second-order valence-electron chi connectivity index (χ2n) is 4.48. The number of fused-ring (bicyclic) bond motifs is 1. The average molecular weight is 302 g/mol. The molecule has 106 valence electrons. The quantitative estimate of drug-likeness (QED) is 0.804. The maximum atomic E-state index is 11.9. The first-order chi connectivity index (χ1) is 10.2. The van der Waals surface area contributed by atoms with E-state index in [1.165, 1.54) is 0 Å². The number of hydrogen-bond donors (Lipinski definition) is 1. The monoisotopic (exact) mass is 301 g/mol. The molecule has 0 spiro atoms. The Bertz CT molecular complexity index is 772. The fourth-order valence-electron chi connectivity index (χ4n) is 1.94. The second kappa shape index (κ2) is 5.93. The van der Waals surface area contributed by atoms with Gasteiger partial charge in [-0.25, -0.2) is 9.97 Å². The summed E-state index contributed by atoms with van der Waals surface area (Å²) < 4.78 is 5.15. The molecule has 0 aliphatic carbocycles. The Morgan fingerprint density at radius 1 is 1.14 bits per heavy atom. The van der Waals surface area contributed by atoms with Gasteiger partial charge >= 0.3 is 0 Å². The van der Waals surface area contributed by atoms with Gasteiger partial charge in [-0.1, -0.05) is 23.7 Å². The van der Waals surface area contributed by atoms with Crippen LogP contribution in [0.15, 0.2) is 47.1 Å². The summed E-state index contributed by atoms with van der Waals surface area (Å²) in [5.74, 6) is 0.511. The highest BCUT2D eigenvalue weighted by atomic mass is 35.5. The lowest BCUT2D eigenvalue weighted by molar-refractivity contribution is -0.120. The Balaban J connectivity index is 1.71. The van der Waals surface area contributed by atoms with Crippen LogP contribution in [0, 0.1) is 0 Å². The molecule has 1 N–H and O–H groups in total. The zero-order chi connectivity index (χ0) is 14.7. The third kappa shape index (κ3) is 3.20. The van der Waals surface area contributed by atoms with Crippen LogP contribution in [-0.4, -0.2) is 15.9 Å². The molecule has 1 aromatic carbocycles. The van der Waals surface area contributed by atoms with Gasteiger partial charge in [-0.15, -0.1) is 0 Å². The molecule has 0 saturated carbocycles. The Morgan fingerprint density at radius 2 is 1.90 bits per heavy atom. The Hall–Kier alpha value is -2.40. The number of nitrogens with zero attached hydrogens (tertiary/aromatic N) is 2. The van der Waals surface area contributed by atoms with E-state index < -0.39 is 0 Å². The van der Waals surface area contributed by atoms with Crippen molar-refractivity contribution in [2.45, 2.75) is 13.0 Å². The van der Waals surface area contributed by atoms with Gasteiger partial charge in [0.25, 0.3) is 0 Å². The molecule has 3 rings (SSSR count). The van der Waals surface area contributed by atoms with Crippen molar-refractivity contribution in [1.82, 2.24) is 15.3 Å². The van der Waals surface area contributed by atoms with Crippen LogP contribution in [-0.2, 0) is 17.8 Å². The molecule has 3 aromatic rings. The molecule has 0 atom stereocenters. The average Bonchev–Trinajstić information content (AvgIpc) is 2.99. The molecule has 2 aromatic heterocycles. The highest BCUT2D eigenvalue weighted by Gasteiger charge is 2.11. The van der Waals surface area contributed by atoms with Crippen molar-refractivity contribution in [2.75, 3.05) is 0 Å². The van der Waals surface area contributed by atoms with Crippen LogP contribution in [0.2, 0.25) is 5.15 Å². The fraction of sp³-hybridized carbons (Fsp3) is 0.133. The number of nitrogens with one attached hydrogen (secondary N) is 1. The standard InChI is InChI=1S/C15H12ClN3O2/c16-15-13(18-11-5-1-2-6-12(11)19-15)8-14(20)17-9-10-4-3-7-21-10/h1-7H,8-9H2,(H,17,20). The summed E-state index contributed by atoms with van der Waals surface area (Å²) >= 11 is 6.07. The first-order valence-electron chi connectivity index (χ1n) is 6.42. The van der Waals surface area contributed by atoms with Gasteiger partial charge in [0.05, 0.1) is 36.0 Å². The SMILES string of the molecule is O=C(Cc1nc2ccccc2nc1Cl)NCc1ccco1. The maximum absolute atomic E-state index is 11.9. The van der Waals surface area contributed by atoms with E-state index in [-0.39, 0.29) is 17.5 Å². The van der Waals surface area contributed by atoms with Crippen LogP contribution in [0.1, 0.15) is 11.5 Å². The third-order valence-corrected chi connectivity index (χ3v) is 3.26. The minimum Gasteiger partial charge on any atom is -0.467 e. The lowest BCUT2D eigenvalue weighted by Gasteiger charge is -2.06. The number of aromatic nitrogens is 2. The fourth-order valence-corrected chi connectivity index (χ4v) is 2.14. The van der Waals surface area contributed by atoms with Crippen LogP contribution in [0.5, 0.6) is 0 Å². The highest BCUT2D eigenvalue weighted by Crippen LogP contribution is 2.17. The summed E-state index contributed by atoms with van der Waals surface area (Å²) in [4.78, 5) is 20.5. The molecule has 0 saturated heterocycles. The Kier molecular flexibility index (Phi) is 3.83. The first kappa shape index (κ1) is 13.6. The zero-order valence-electron chi connectivity index (χ0n) is 11.0. The number of furan rings is 1. The maximum Gasteiger partial charge on any atom is 0.226 e. The molecule has 1 amide bonds. The van der Waals surface area contributed by atoms with Crippen LogP contribution < -0.4 is 5.32 Å². The molecule has 5 nitrogen and oxygen atoms in total. The molecule has 0 aliphatic heterocycles. The van der Waals surface area contributed by atoms with Gasteiger partial charge in [0.2, 0.25) is 5.91 Å². The van der Waals surface area contributed by atoms with Gasteiger partial charge < -0.3 is 9.73 Å². The number of amides is 1. The molecular weight excluding hydrogens is 290 g/mol. The van der Waals surface area contributed by atoms with E-state index in [2.05, 4.69) is 15.3 Å². The second-order valence-corrected chi connectivity index (χ2v) is 4.84. The number of rotatable bonds is 4. The lowest BCUT2D eigenvalue weighted by atomic mass is 10.2. The van der Waals surface area contributed by atoms with Gasteiger partial charge in [0.1, 0.15) is 5.76 Å². The van der Waals surface area contributed by atoms with E-state index in [9.17, 15) is 4.79 Å². The van der Waals surface area contributed by atoms with Gasteiger partial charge in [0, 0.05) is 0 Å². The molecule has 0 radical (unpaired) electrons. The summed E-state index contributed by atoms with van der Waals surface area (Å²) in [6.07, 6.45) is 1.64. The zero-order valence-corrected chi connectivity index (χ0v) is 11.8. The number of carbonyl (C=O) groups excluding carboxylic acids is 1. The minimum absolute atomic E-state index is 0.0807. The van der Waals surface area contributed by atoms with Crippen LogP contribution in [0.25, 0.3) is 11.0 Å². The summed E-state index contributed by atoms with van der Waals surface area (Å²) in [6.45, 7) is 0.338. The molecule has 6 heteroatoms. The predicted molar refractivity (Wildman–Crippen MR) is 78.8 cm³/mol. The predicted octanol–water partition coefficient (Wildman–Crippen LogP) is 2.74. The summed E-state index contributed by atoms with van der Waals surface area (Å²) in [5, 5.41) is 3.00. The van der Waals surface area contributed by atoms with Gasteiger partial charge in [-0.05, 0) is 24.3 Å². The van der Waals surface area contributed by atoms with Crippen molar-refractivity contribution >= 4 is 28.5 Å². The Morgan fingerprint density at radius 3 is 2.62 bits per heavy atom. The number of benzene rings is 1. The summed E-state index contributed by atoms with van der Waals surface area (Å²) in [6, 6.07) is 11.0. The molecule has 0 unspecified atom stereocenters. The smallest absolute Gasteiger partial charge is 0.226 e. The highest BCUT2D eigenvalue weighted by molar-refractivity contribution is 6.30. The van der Waals surface area contributed by atoms with Crippen molar-refractivity contribution in [3.63, 3.8) is 0 Å². The van der Waals surface area contributed by atoms with Crippen LogP contribution >= 0.6 is 11.6 Å².